The Morgan fingerprint density at radius 1 is 1.50 bits per heavy atom. The first-order chi connectivity index (χ1) is 7.79. The summed E-state index contributed by atoms with van der Waals surface area (Å²) in [5.74, 6) is 1.40. The van der Waals surface area contributed by atoms with Crippen molar-refractivity contribution < 1.29 is 5.11 Å². The minimum absolute atomic E-state index is 0.118. The zero-order chi connectivity index (χ0) is 11.4. The fourth-order valence-electron chi connectivity index (χ4n) is 2.85. The van der Waals surface area contributed by atoms with Crippen LogP contribution in [0.3, 0.4) is 0 Å². The molecule has 3 unspecified atom stereocenters. The molecule has 0 aliphatic heterocycles. The number of aliphatic hydroxyl groups is 1. The number of aliphatic hydroxyl groups excluding tert-OH is 1. The van der Waals surface area contributed by atoms with Crippen LogP contribution in [0.25, 0.3) is 0 Å². The van der Waals surface area contributed by atoms with Crippen molar-refractivity contribution in [3.05, 3.63) is 22.4 Å². The summed E-state index contributed by atoms with van der Waals surface area (Å²) in [6.07, 6.45) is 7.17. The fraction of sp³-hybridized carbons (Fsp3) is 0.714. The molecule has 1 nitrogen and oxygen atoms in total. The molecule has 1 aromatic rings. The van der Waals surface area contributed by atoms with Crippen molar-refractivity contribution in [2.24, 2.45) is 11.8 Å². The van der Waals surface area contributed by atoms with Crippen molar-refractivity contribution in [2.45, 2.75) is 51.6 Å². The molecular weight excluding hydrogens is 216 g/mol. The van der Waals surface area contributed by atoms with Gasteiger partial charge in [0.15, 0.2) is 0 Å². The lowest BCUT2D eigenvalue weighted by Crippen LogP contribution is -2.28. The van der Waals surface area contributed by atoms with Crippen molar-refractivity contribution in [1.82, 2.24) is 0 Å². The molecule has 0 aromatic carbocycles. The maximum Gasteiger partial charge on any atom is 0.0616 e. The van der Waals surface area contributed by atoms with Crippen molar-refractivity contribution in [2.75, 3.05) is 0 Å². The van der Waals surface area contributed by atoms with Crippen LogP contribution in [0.4, 0.5) is 0 Å². The maximum atomic E-state index is 10.3. The average Bonchev–Trinajstić information content (AvgIpc) is 2.82. The van der Waals surface area contributed by atoms with Gasteiger partial charge in [0.2, 0.25) is 0 Å². The lowest BCUT2D eigenvalue weighted by atomic mass is 9.77. The summed E-state index contributed by atoms with van der Waals surface area (Å²) in [7, 11) is 0. The summed E-state index contributed by atoms with van der Waals surface area (Å²) in [5, 5.41) is 12.4. The number of thiophene rings is 1. The Morgan fingerprint density at radius 2 is 2.38 bits per heavy atom. The summed E-state index contributed by atoms with van der Waals surface area (Å²) >= 11 is 1.76. The molecule has 0 bridgehead atoms. The van der Waals surface area contributed by atoms with E-state index in [1.165, 1.54) is 37.0 Å². The van der Waals surface area contributed by atoms with Gasteiger partial charge in [-0.25, -0.2) is 0 Å². The van der Waals surface area contributed by atoms with Crippen LogP contribution in [0.1, 0.15) is 43.9 Å². The van der Waals surface area contributed by atoms with Crippen LogP contribution < -0.4 is 0 Å². The molecule has 1 saturated carbocycles. The molecule has 90 valence electrons. The minimum Gasteiger partial charge on any atom is -0.392 e. The van der Waals surface area contributed by atoms with E-state index in [0.29, 0.717) is 5.92 Å². The van der Waals surface area contributed by atoms with Gasteiger partial charge in [-0.2, -0.15) is 0 Å². The van der Waals surface area contributed by atoms with Crippen LogP contribution in [-0.2, 0) is 6.42 Å². The first-order valence-corrected chi connectivity index (χ1v) is 7.38. The van der Waals surface area contributed by atoms with E-state index in [0.717, 1.165) is 12.3 Å². The van der Waals surface area contributed by atoms with E-state index in [-0.39, 0.29) is 6.10 Å². The van der Waals surface area contributed by atoms with Gasteiger partial charge in [-0.3, -0.25) is 0 Å². The van der Waals surface area contributed by atoms with Crippen molar-refractivity contribution in [3.8, 4) is 0 Å². The third kappa shape index (κ3) is 3.08. The molecule has 16 heavy (non-hydrogen) atoms. The Balaban J connectivity index is 1.86. The Hall–Kier alpha value is -0.340. The molecule has 2 heteroatoms. The van der Waals surface area contributed by atoms with Gasteiger partial charge in [0.25, 0.3) is 0 Å². The van der Waals surface area contributed by atoms with Crippen LogP contribution in [-0.4, -0.2) is 11.2 Å². The zero-order valence-corrected chi connectivity index (χ0v) is 10.9. The predicted molar refractivity (Wildman–Crippen MR) is 69.8 cm³/mol. The second-order valence-corrected chi connectivity index (χ2v) is 6.08. The van der Waals surface area contributed by atoms with Gasteiger partial charge >= 0.3 is 0 Å². The minimum atomic E-state index is -0.118. The fourth-order valence-corrected chi connectivity index (χ4v) is 3.61. The summed E-state index contributed by atoms with van der Waals surface area (Å²) < 4.78 is 0. The lowest BCUT2D eigenvalue weighted by molar-refractivity contribution is 0.0691. The normalized spacial score (nSPS) is 27.9. The predicted octanol–water partition coefficient (Wildman–Crippen LogP) is 3.87. The monoisotopic (exact) mass is 238 g/mol. The van der Waals surface area contributed by atoms with Crippen LogP contribution in [0.15, 0.2) is 17.5 Å². The summed E-state index contributed by atoms with van der Waals surface area (Å²) in [5.41, 5.74) is 0. The van der Waals surface area contributed by atoms with E-state index in [2.05, 4.69) is 24.4 Å². The van der Waals surface area contributed by atoms with E-state index in [9.17, 15) is 5.11 Å². The number of hydrogen-bond acceptors (Lipinski definition) is 2. The maximum absolute atomic E-state index is 10.3. The smallest absolute Gasteiger partial charge is 0.0616 e. The Morgan fingerprint density at radius 3 is 3.06 bits per heavy atom. The quantitative estimate of drug-likeness (QED) is 0.844. The largest absolute Gasteiger partial charge is 0.392 e. The molecule has 1 heterocycles. The molecular formula is C14H22OS. The molecule has 0 spiro atoms. The Kier molecular flexibility index (Phi) is 4.42. The second-order valence-electron chi connectivity index (χ2n) is 5.05. The van der Waals surface area contributed by atoms with Crippen LogP contribution in [0, 0.1) is 11.8 Å². The van der Waals surface area contributed by atoms with Gasteiger partial charge in [0, 0.05) is 11.3 Å². The van der Waals surface area contributed by atoms with Crippen LogP contribution >= 0.6 is 11.3 Å². The molecule has 1 aromatic heterocycles. The Bertz CT molecular complexity index is 294. The Labute approximate surface area is 103 Å². The second kappa shape index (κ2) is 5.83. The molecule has 3 atom stereocenters. The summed E-state index contributed by atoms with van der Waals surface area (Å²) in [6, 6.07) is 4.20. The van der Waals surface area contributed by atoms with Crippen LogP contribution in [0.5, 0.6) is 0 Å². The summed E-state index contributed by atoms with van der Waals surface area (Å²) in [6.45, 7) is 2.28. The molecule has 0 radical (unpaired) electrons. The van der Waals surface area contributed by atoms with Crippen LogP contribution in [0.2, 0.25) is 0 Å². The highest BCUT2D eigenvalue weighted by Gasteiger charge is 2.26. The van der Waals surface area contributed by atoms with Crippen molar-refractivity contribution in [3.63, 3.8) is 0 Å². The highest BCUT2D eigenvalue weighted by molar-refractivity contribution is 7.09. The van der Waals surface area contributed by atoms with Crippen molar-refractivity contribution in [1.29, 1.82) is 0 Å². The highest BCUT2D eigenvalue weighted by atomic mass is 32.1. The van der Waals surface area contributed by atoms with Gasteiger partial charge in [0.05, 0.1) is 6.10 Å². The van der Waals surface area contributed by atoms with E-state index in [4.69, 9.17) is 0 Å². The molecule has 1 fully saturated rings. The van der Waals surface area contributed by atoms with Gasteiger partial charge < -0.3 is 5.11 Å². The van der Waals surface area contributed by atoms with Gasteiger partial charge in [-0.05, 0) is 36.1 Å². The number of rotatable bonds is 4. The van der Waals surface area contributed by atoms with Gasteiger partial charge in [-0.1, -0.05) is 32.3 Å². The zero-order valence-electron chi connectivity index (χ0n) is 10.1. The summed E-state index contributed by atoms with van der Waals surface area (Å²) in [4.78, 5) is 1.33. The number of hydrogen-bond donors (Lipinski definition) is 1. The molecule has 0 saturated heterocycles. The first kappa shape index (κ1) is 12.1. The third-order valence-electron chi connectivity index (χ3n) is 3.94. The molecule has 0 amide bonds. The topological polar surface area (TPSA) is 20.2 Å². The molecule has 2 rings (SSSR count). The van der Waals surface area contributed by atoms with Gasteiger partial charge in [0.1, 0.15) is 0 Å². The lowest BCUT2D eigenvalue weighted by Gasteiger charge is -2.31. The SMILES string of the molecule is CCC1CCCC(C(O)Cc2cccs2)C1. The van der Waals surface area contributed by atoms with E-state index in [1.54, 1.807) is 11.3 Å². The van der Waals surface area contributed by atoms with E-state index >= 15 is 0 Å². The molecule has 1 N–H and O–H groups in total. The van der Waals surface area contributed by atoms with Gasteiger partial charge in [-0.15, -0.1) is 11.3 Å². The highest BCUT2D eigenvalue weighted by Crippen LogP contribution is 2.34. The van der Waals surface area contributed by atoms with E-state index in [1.807, 2.05) is 0 Å². The van der Waals surface area contributed by atoms with E-state index < -0.39 is 0 Å². The van der Waals surface area contributed by atoms with Crippen molar-refractivity contribution >= 4 is 11.3 Å². The average molecular weight is 238 g/mol. The molecule has 1 aliphatic carbocycles. The standard InChI is InChI=1S/C14H22OS/c1-2-11-5-3-6-12(9-11)14(15)10-13-7-4-8-16-13/h4,7-8,11-12,14-15H,2-3,5-6,9-10H2,1H3. The third-order valence-corrected chi connectivity index (χ3v) is 4.83. The molecule has 1 aliphatic rings. The first-order valence-electron chi connectivity index (χ1n) is 6.50.